The molecule has 1 aromatic rings. The summed E-state index contributed by atoms with van der Waals surface area (Å²) in [6.45, 7) is 3.88. The molecule has 0 unspecified atom stereocenters. The number of hydrogen-bond donors (Lipinski definition) is 0. The minimum Gasteiger partial charge on any atom is -0.338 e. The first-order chi connectivity index (χ1) is 13.0. The van der Waals surface area contributed by atoms with Gasteiger partial charge in [0.15, 0.2) is 5.78 Å². The molecule has 1 aliphatic heterocycles. The van der Waals surface area contributed by atoms with Crippen molar-refractivity contribution in [3.63, 3.8) is 0 Å². The molecule has 0 saturated heterocycles. The Hall–Kier alpha value is -2.69. The van der Waals surface area contributed by atoms with Crippen LogP contribution in [0.3, 0.4) is 0 Å². The molecule has 1 aromatic carbocycles. The lowest BCUT2D eigenvalue weighted by Gasteiger charge is -2.28. The summed E-state index contributed by atoms with van der Waals surface area (Å²) in [5.74, 6) is -2.35. The molecule has 0 fully saturated rings. The molecular formula is C20H20F4N2O2. The van der Waals surface area contributed by atoms with Crippen LogP contribution in [-0.2, 0) is 11.0 Å². The topological polar surface area (TPSA) is 61.2 Å². The van der Waals surface area contributed by atoms with Gasteiger partial charge in [-0.15, -0.1) is 0 Å². The van der Waals surface area contributed by atoms with E-state index in [1.54, 1.807) is 13.8 Å². The molecule has 0 spiro atoms. The van der Waals surface area contributed by atoms with E-state index in [4.69, 9.17) is 0 Å². The second-order valence-corrected chi connectivity index (χ2v) is 7.32. The molecule has 0 radical (unpaired) electrons. The molecule has 0 aromatic heterocycles. The highest BCUT2D eigenvalue weighted by molar-refractivity contribution is 6.02. The average molecular weight is 396 g/mol. The van der Waals surface area contributed by atoms with E-state index in [0.29, 0.717) is 25.0 Å². The summed E-state index contributed by atoms with van der Waals surface area (Å²) in [5, 5.41) is 9.19. The lowest BCUT2D eigenvalue weighted by molar-refractivity contribution is -0.140. The Morgan fingerprint density at radius 1 is 1.25 bits per heavy atom. The zero-order valence-corrected chi connectivity index (χ0v) is 15.6. The SMILES string of the molecule is CC1(C)CCCN(C(=O)c2ccc(C(F)(F)F)c(F)c2)CC/C=C(/C#N)C1=O. The van der Waals surface area contributed by atoms with Gasteiger partial charge in [-0.1, -0.05) is 19.9 Å². The van der Waals surface area contributed by atoms with Crippen LogP contribution in [0.1, 0.15) is 49.0 Å². The van der Waals surface area contributed by atoms with E-state index in [9.17, 15) is 32.4 Å². The summed E-state index contributed by atoms with van der Waals surface area (Å²) in [7, 11) is 0. The van der Waals surface area contributed by atoms with Gasteiger partial charge in [-0.2, -0.15) is 18.4 Å². The minimum atomic E-state index is -4.83. The zero-order valence-electron chi connectivity index (χ0n) is 15.6. The van der Waals surface area contributed by atoms with Crippen LogP contribution in [0.15, 0.2) is 29.8 Å². The van der Waals surface area contributed by atoms with Crippen molar-refractivity contribution in [3.05, 3.63) is 46.8 Å². The monoisotopic (exact) mass is 396 g/mol. The molecule has 2 rings (SSSR count). The zero-order chi connectivity index (χ0) is 21.1. The minimum absolute atomic E-state index is 0.0277. The summed E-state index contributed by atoms with van der Waals surface area (Å²) in [5.41, 5.74) is -2.34. The summed E-state index contributed by atoms with van der Waals surface area (Å²) in [6, 6.07) is 3.98. The Kier molecular flexibility index (Phi) is 6.27. The first-order valence-corrected chi connectivity index (χ1v) is 8.78. The number of amides is 1. The van der Waals surface area contributed by atoms with Gasteiger partial charge >= 0.3 is 6.18 Å². The first-order valence-electron chi connectivity index (χ1n) is 8.78. The molecular weight excluding hydrogens is 376 g/mol. The van der Waals surface area contributed by atoms with Gasteiger partial charge < -0.3 is 4.90 Å². The van der Waals surface area contributed by atoms with Crippen molar-refractivity contribution in [2.45, 2.75) is 39.3 Å². The first kappa shape index (κ1) is 21.6. The number of rotatable bonds is 1. The molecule has 0 bridgehead atoms. The molecule has 0 aliphatic carbocycles. The third-order valence-electron chi connectivity index (χ3n) is 4.77. The number of allylic oxidation sites excluding steroid dienone is 1. The average Bonchev–Trinajstić information content (AvgIpc) is 2.61. The van der Waals surface area contributed by atoms with Crippen molar-refractivity contribution in [3.8, 4) is 6.07 Å². The second-order valence-electron chi connectivity index (χ2n) is 7.32. The second kappa shape index (κ2) is 8.13. The van der Waals surface area contributed by atoms with E-state index >= 15 is 0 Å². The van der Waals surface area contributed by atoms with Crippen LogP contribution < -0.4 is 0 Å². The fourth-order valence-electron chi connectivity index (χ4n) is 3.12. The Morgan fingerprint density at radius 2 is 1.93 bits per heavy atom. The summed E-state index contributed by atoms with van der Waals surface area (Å²) < 4.78 is 51.9. The number of carbonyl (C=O) groups is 2. The maximum absolute atomic E-state index is 13.8. The van der Waals surface area contributed by atoms with Gasteiger partial charge in [0.25, 0.3) is 5.91 Å². The maximum Gasteiger partial charge on any atom is 0.419 e. The van der Waals surface area contributed by atoms with E-state index in [1.165, 1.54) is 11.0 Å². The predicted molar refractivity (Wildman–Crippen MR) is 93.6 cm³/mol. The fraction of sp³-hybridized carbons (Fsp3) is 0.450. The van der Waals surface area contributed by atoms with Crippen LogP contribution in [0, 0.1) is 22.6 Å². The van der Waals surface area contributed by atoms with Gasteiger partial charge in [-0.3, -0.25) is 9.59 Å². The van der Waals surface area contributed by atoms with Crippen LogP contribution in [0.25, 0.3) is 0 Å². The van der Waals surface area contributed by atoms with Crippen molar-refractivity contribution in [2.75, 3.05) is 13.1 Å². The van der Waals surface area contributed by atoms with Gasteiger partial charge in [0.2, 0.25) is 0 Å². The molecule has 1 amide bonds. The Morgan fingerprint density at radius 3 is 2.50 bits per heavy atom. The number of hydrogen-bond acceptors (Lipinski definition) is 3. The number of Topliss-reactive ketones (excluding diaryl/α,β-unsaturated/α-hetero) is 1. The number of carbonyl (C=O) groups excluding carboxylic acids is 2. The van der Waals surface area contributed by atoms with Crippen LogP contribution in [-0.4, -0.2) is 29.7 Å². The molecule has 0 N–H and O–H groups in total. The van der Waals surface area contributed by atoms with Gasteiger partial charge in [-0.25, -0.2) is 4.39 Å². The smallest absolute Gasteiger partial charge is 0.338 e. The van der Waals surface area contributed by atoms with Crippen molar-refractivity contribution < 1.29 is 27.2 Å². The van der Waals surface area contributed by atoms with Gasteiger partial charge in [0, 0.05) is 24.1 Å². The third-order valence-corrected chi connectivity index (χ3v) is 4.77. The predicted octanol–water partition coefficient (Wildman–Crippen LogP) is 4.52. The fourth-order valence-corrected chi connectivity index (χ4v) is 3.12. The van der Waals surface area contributed by atoms with Crippen molar-refractivity contribution in [1.82, 2.24) is 4.90 Å². The molecule has 28 heavy (non-hydrogen) atoms. The largest absolute Gasteiger partial charge is 0.419 e. The van der Waals surface area contributed by atoms with E-state index in [1.807, 2.05) is 6.07 Å². The number of alkyl halides is 3. The number of nitrogens with zero attached hydrogens (tertiary/aromatic N) is 2. The van der Waals surface area contributed by atoms with E-state index in [-0.39, 0.29) is 36.4 Å². The summed E-state index contributed by atoms with van der Waals surface area (Å²) >= 11 is 0. The van der Waals surface area contributed by atoms with Crippen molar-refractivity contribution in [2.24, 2.45) is 5.41 Å². The highest BCUT2D eigenvalue weighted by atomic mass is 19.4. The van der Waals surface area contributed by atoms with Gasteiger partial charge in [0.05, 0.1) is 11.1 Å². The molecule has 0 saturated carbocycles. The third kappa shape index (κ3) is 4.77. The summed E-state index contributed by atoms with van der Waals surface area (Å²) in [6.07, 6.45) is -2.25. The number of benzene rings is 1. The van der Waals surface area contributed by atoms with Gasteiger partial charge in [0.1, 0.15) is 11.9 Å². The lowest BCUT2D eigenvalue weighted by Crippen LogP contribution is -2.35. The van der Waals surface area contributed by atoms with Crippen molar-refractivity contribution in [1.29, 1.82) is 5.26 Å². The van der Waals surface area contributed by atoms with Crippen molar-refractivity contribution >= 4 is 11.7 Å². The quantitative estimate of drug-likeness (QED) is 0.656. The maximum atomic E-state index is 13.8. The molecule has 0 atom stereocenters. The molecule has 150 valence electrons. The van der Waals surface area contributed by atoms with E-state index in [2.05, 4.69) is 0 Å². The number of ketones is 1. The van der Waals surface area contributed by atoms with E-state index in [0.717, 1.165) is 6.07 Å². The number of halogens is 4. The highest BCUT2D eigenvalue weighted by Gasteiger charge is 2.35. The van der Waals surface area contributed by atoms with Crippen LogP contribution in [0.2, 0.25) is 0 Å². The molecule has 1 aliphatic rings. The normalized spacial score (nSPS) is 20.1. The van der Waals surface area contributed by atoms with Crippen LogP contribution in [0.4, 0.5) is 17.6 Å². The lowest BCUT2D eigenvalue weighted by atomic mass is 9.79. The standard InChI is InChI=1S/C20H20F4N2O2/c1-19(2)8-4-10-26(9-3-5-14(12-25)17(19)27)18(28)13-6-7-15(16(21)11-13)20(22,23)24/h5-7,11H,3-4,8-10H2,1-2H3/b14-5-. The Bertz CT molecular complexity index is 851. The Labute approximate surface area is 160 Å². The van der Waals surface area contributed by atoms with E-state index < -0.39 is 28.9 Å². The molecule has 1 heterocycles. The Balaban J connectivity index is 2.26. The van der Waals surface area contributed by atoms with Crippen LogP contribution >= 0.6 is 0 Å². The molecule has 8 heteroatoms. The van der Waals surface area contributed by atoms with Crippen LogP contribution in [0.5, 0.6) is 0 Å². The van der Waals surface area contributed by atoms with Gasteiger partial charge in [-0.05, 0) is 37.5 Å². The summed E-state index contributed by atoms with van der Waals surface area (Å²) in [4.78, 5) is 26.5. The molecule has 4 nitrogen and oxygen atoms in total. The highest BCUT2D eigenvalue weighted by Crippen LogP contribution is 2.32. The number of nitriles is 1.